The number of sulfonamides is 1. The van der Waals surface area contributed by atoms with Gasteiger partial charge in [0.05, 0.1) is 22.7 Å². The van der Waals surface area contributed by atoms with E-state index in [-0.39, 0.29) is 28.1 Å². The van der Waals surface area contributed by atoms with Crippen molar-refractivity contribution >= 4 is 55.1 Å². The molecule has 0 saturated heterocycles. The quantitative estimate of drug-likeness (QED) is 0.242. The number of carbonyl (C=O) groups is 2. The van der Waals surface area contributed by atoms with Gasteiger partial charge in [-0.3, -0.25) is 13.9 Å². The van der Waals surface area contributed by atoms with E-state index in [1.165, 1.54) is 36.3 Å². The maximum atomic E-state index is 13.9. The number of anilines is 1. The zero-order chi connectivity index (χ0) is 29.3. The van der Waals surface area contributed by atoms with E-state index in [1.54, 1.807) is 31.2 Å². The third kappa shape index (κ3) is 7.99. The number of rotatable bonds is 13. The highest BCUT2D eigenvalue weighted by atomic mass is 79.9. The van der Waals surface area contributed by atoms with Crippen LogP contribution in [0.3, 0.4) is 0 Å². The van der Waals surface area contributed by atoms with Crippen molar-refractivity contribution in [3.05, 3.63) is 87.9 Å². The van der Waals surface area contributed by atoms with Crippen LogP contribution < -0.4 is 14.4 Å². The van der Waals surface area contributed by atoms with Gasteiger partial charge in [-0.25, -0.2) is 8.42 Å². The van der Waals surface area contributed by atoms with Crippen LogP contribution in [0.4, 0.5) is 5.69 Å². The lowest BCUT2D eigenvalue weighted by Crippen LogP contribution is -2.51. The first-order valence-corrected chi connectivity index (χ1v) is 15.4. The lowest BCUT2D eigenvalue weighted by atomic mass is 10.1. The van der Waals surface area contributed by atoms with E-state index in [1.807, 2.05) is 31.2 Å². The zero-order valence-corrected chi connectivity index (χ0v) is 25.8. The third-order valence-corrected chi connectivity index (χ3v) is 8.85. The fourth-order valence-electron chi connectivity index (χ4n) is 4.01. The number of unbranched alkanes of at least 4 members (excludes halogenated alkanes) is 1. The molecule has 11 heteroatoms. The standard InChI is InChI=1S/C29H33BrClN3O5S/c1-4-5-16-32-29(36)21(2)33(19-22-10-9-11-23(30)17-22)28(35)20-34(24-14-15-27(39-3)26(31)18-24)40(37,38)25-12-7-6-8-13-25/h6-15,17-18,21H,4-5,16,19-20H2,1-3H3,(H,32,36). The Balaban J connectivity index is 2.02. The number of carbonyl (C=O) groups excluding carboxylic acids is 2. The van der Waals surface area contributed by atoms with E-state index in [0.29, 0.717) is 12.3 Å². The number of hydrogen-bond acceptors (Lipinski definition) is 5. The normalized spacial score (nSPS) is 11.9. The minimum absolute atomic E-state index is 0.0126. The Bertz CT molecular complexity index is 1420. The molecule has 2 amide bonds. The number of benzene rings is 3. The van der Waals surface area contributed by atoms with Gasteiger partial charge < -0.3 is 15.0 Å². The number of methoxy groups -OCH3 is 1. The van der Waals surface area contributed by atoms with Crippen LogP contribution in [0.2, 0.25) is 5.02 Å². The molecule has 1 unspecified atom stereocenters. The number of nitrogens with zero attached hydrogens (tertiary/aromatic N) is 2. The molecule has 0 radical (unpaired) electrons. The molecule has 0 aromatic heterocycles. The van der Waals surface area contributed by atoms with E-state index in [4.69, 9.17) is 16.3 Å². The highest BCUT2D eigenvalue weighted by molar-refractivity contribution is 9.10. The van der Waals surface area contributed by atoms with Gasteiger partial charge in [0.25, 0.3) is 10.0 Å². The average molecular weight is 651 g/mol. The Kier molecular flexibility index (Phi) is 11.4. The lowest BCUT2D eigenvalue weighted by molar-refractivity contribution is -0.139. The number of ether oxygens (including phenoxy) is 1. The molecule has 0 aliphatic rings. The molecule has 0 fully saturated rings. The lowest BCUT2D eigenvalue weighted by Gasteiger charge is -2.32. The Hall–Kier alpha value is -3.08. The number of nitrogens with one attached hydrogen (secondary N) is 1. The molecule has 214 valence electrons. The second-order valence-electron chi connectivity index (χ2n) is 9.12. The van der Waals surface area contributed by atoms with E-state index < -0.39 is 28.5 Å². The van der Waals surface area contributed by atoms with Crippen molar-refractivity contribution in [3.63, 3.8) is 0 Å². The van der Waals surface area contributed by atoms with Crippen LogP contribution in [0.1, 0.15) is 32.3 Å². The summed E-state index contributed by atoms with van der Waals surface area (Å²) in [6.45, 7) is 3.68. The molecule has 0 bridgehead atoms. The SMILES string of the molecule is CCCCNC(=O)C(C)N(Cc1cccc(Br)c1)C(=O)CN(c1ccc(OC)c(Cl)c1)S(=O)(=O)c1ccccc1. The van der Waals surface area contributed by atoms with Crippen LogP contribution in [0, 0.1) is 0 Å². The van der Waals surface area contributed by atoms with Gasteiger partial charge in [-0.05, 0) is 61.4 Å². The smallest absolute Gasteiger partial charge is 0.264 e. The molecule has 3 rings (SSSR count). The van der Waals surface area contributed by atoms with Crippen molar-refractivity contribution in [1.29, 1.82) is 0 Å². The average Bonchev–Trinajstić information content (AvgIpc) is 2.94. The molecule has 0 saturated carbocycles. The summed E-state index contributed by atoms with van der Waals surface area (Å²) in [6, 6.07) is 18.9. The van der Waals surface area contributed by atoms with E-state index in [0.717, 1.165) is 27.2 Å². The minimum Gasteiger partial charge on any atom is -0.495 e. The molecule has 8 nitrogen and oxygen atoms in total. The largest absolute Gasteiger partial charge is 0.495 e. The highest BCUT2D eigenvalue weighted by Crippen LogP contribution is 2.32. The number of hydrogen-bond donors (Lipinski definition) is 1. The van der Waals surface area contributed by atoms with Crippen LogP contribution in [-0.2, 0) is 26.2 Å². The molecule has 3 aromatic rings. The van der Waals surface area contributed by atoms with Crippen molar-refractivity contribution in [2.75, 3.05) is 24.5 Å². The van der Waals surface area contributed by atoms with Crippen LogP contribution >= 0.6 is 27.5 Å². The Morgan fingerprint density at radius 1 is 1.05 bits per heavy atom. The van der Waals surface area contributed by atoms with E-state index >= 15 is 0 Å². The molecular weight excluding hydrogens is 618 g/mol. The summed E-state index contributed by atoms with van der Waals surface area (Å²) < 4.78 is 34.7. The van der Waals surface area contributed by atoms with Crippen LogP contribution in [0.5, 0.6) is 5.75 Å². The molecule has 0 spiro atoms. The van der Waals surface area contributed by atoms with Crippen molar-refractivity contribution in [2.45, 2.75) is 44.2 Å². The summed E-state index contributed by atoms with van der Waals surface area (Å²) in [5.74, 6) is -0.506. The van der Waals surface area contributed by atoms with Crippen molar-refractivity contribution in [2.24, 2.45) is 0 Å². The second-order valence-corrected chi connectivity index (χ2v) is 12.3. The van der Waals surface area contributed by atoms with Gasteiger partial charge in [-0.1, -0.05) is 71.2 Å². The second kappa shape index (κ2) is 14.5. The zero-order valence-electron chi connectivity index (χ0n) is 22.6. The number of halogens is 2. The maximum Gasteiger partial charge on any atom is 0.264 e. The van der Waals surface area contributed by atoms with Crippen LogP contribution in [0.15, 0.2) is 82.2 Å². The van der Waals surface area contributed by atoms with Gasteiger partial charge in [0.1, 0.15) is 18.3 Å². The predicted molar refractivity (Wildman–Crippen MR) is 161 cm³/mol. The van der Waals surface area contributed by atoms with Crippen molar-refractivity contribution < 1.29 is 22.7 Å². The first-order valence-electron chi connectivity index (χ1n) is 12.8. The van der Waals surface area contributed by atoms with Gasteiger partial charge >= 0.3 is 0 Å². The number of amides is 2. The summed E-state index contributed by atoms with van der Waals surface area (Å²) in [6.07, 6.45) is 1.71. The third-order valence-electron chi connectivity index (χ3n) is 6.27. The van der Waals surface area contributed by atoms with E-state index in [9.17, 15) is 18.0 Å². The predicted octanol–water partition coefficient (Wildman–Crippen LogP) is 5.64. The highest BCUT2D eigenvalue weighted by Gasteiger charge is 2.32. The molecule has 1 N–H and O–H groups in total. The molecule has 0 heterocycles. The Morgan fingerprint density at radius 3 is 2.40 bits per heavy atom. The summed E-state index contributed by atoms with van der Waals surface area (Å²) in [4.78, 5) is 28.4. The van der Waals surface area contributed by atoms with Gasteiger partial charge in [0, 0.05) is 17.6 Å². The van der Waals surface area contributed by atoms with Gasteiger partial charge in [-0.2, -0.15) is 0 Å². The van der Waals surface area contributed by atoms with Crippen LogP contribution in [-0.4, -0.2) is 51.4 Å². The van der Waals surface area contributed by atoms with Crippen molar-refractivity contribution in [3.8, 4) is 5.75 Å². The monoisotopic (exact) mass is 649 g/mol. The Labute approximate surface area is 249 Å². The summed E-state index contributed by atoms with van der Waals surface area (Å²) in [5, 5.41) is 3.06. The van der Waals surface area contributed by atoms with Crippen molar-refractivity contribution in [1.82, 2.24) is 10.2 Å². The first-order chi connectivity index (χ1) is 19.1. The van der Waals surface area contributed by atoms with Gasteiger partial charge in [-0.15, -0.1) is 0 Å². The first kappa shape index (κ1) is 31.4. The fraction of sp³-hybridized carbons (Fsp3) is 0.310. The summed E-state index contributed by atoms with van der Waals surface area (Å²) >= 11 is 9.79. The molecule has 1 atom stereocenters. The molecule has 0 aliphatic heterocycles. The van der Waals surface area contributed by atoms with Crippen LogP contribution in [0.25, 0.3) is 0 Å². The molecule has 40 heavy (non-hydrogen) atoms. The minimum atomic E-state index is -4.18. The van der Waals surface area contributed by atoms with Gasteiger partial charge in [0.15, 0.2) is 0 Å². The molecule has 0 aliphatic carbocycles. The molecular formula is C29H33BrClN3O5S. The topological polar surface area (TPSA) is 96.0 Å². The summed E-state index contributed by atoms with van der Waals surface area (Å²) in [7, 11) is -2.73. The Morgan fingerprint density at radius 2 is 1.77 bits per heavy atom. The molecule has 3 aromatic carbocycles. The summed E-state index contributed by atoms with van der Waals surface area (Å²) in [5.41, 5.74) is 0.964. The maximum absolute atomic E-state index is 13.9. The van der Waals surface area contributed by atoms with Gasteiger partial charge in [0.2, 0.25) is 11.8 Å². The van der Waals surface area contributed by atoms with E-state index in [2.05, 4.69) is 21.2 Å². The fourth-order valence-corrected chi connectivity index (χ4v) is 6.14.